The third-order valence-electron chi connectivity index (χ3n) is 4.34. The molecule has 0 heterocycles. The summed E-state index contributed by atoms with van der Waals surface area (Å²) in [4.78, 5) is 22.9. The second kappa shape index (κ2) is 19.0. The van der Waals surface area contributed by atoms with Crippen molar-refractivity contribution >= 4 is 11.9 Å². The number of ether oxygens (including phenoxy) is 2. The van der Waals surface area contributed by atoms with E-state index in [1.807, 2.05) is 13.8 Å². The Morgan fingerprint density at radius 3 is 1.57 bits per heavy atom. The van der Waals surface area contributed by atoms with Crippen LogP contribution in [0.25, 0.3) is 0 Å². The van der Waals surface area contributed by atoms with Crippen LogP contribution in [-0.2, 0) is 19.1 Å². The summed E-state index contributed by atoms with van der Waals surface area (Å²) in [5, 5.41) is 0. The van der Waals surface area contributed by atoms with Crippen LogP contribution in [0.3, 0.4) is 0 Å². The number of carbonyl (C=O) groups is 2. The molecule has 0 aromatic heterocycles. The average Bonchev–Trinajstić information content (AvgIpc) is 2.64. The fourth-order valence-corrected chi connectivity index (χ4v) is 2.69. The van der Waals surface area contributed by atoms with E-state index in [2.05, 4.69) is 26.0 Å². The molecule has 0 aromatic carbocycles. The molecule has 4 nitrogen and oxygen atoms in total. The number of rotatable bonds is 18. The van der Waals surface area contributed by atoms with Crippen LogP contribution < -0.4 is 0 Å². The first kappa shape index (κ1) is 26.7. The van der Waals surface area contributed by atoms with Gasteiger partial charge >= 0.3 is 11.9 Å². The molecule has 164 valence electrons. The molecular weight excluding hydrogens is 352 g/mol. The van der Waals surface area contributed by atoms with E-state index in [-0.39, 0.29) is 11.9 Å². The molecule has 4 heteroatoms. The molecule has 0 aromatic rings. The minimum atomic E-state index is -0.0919. The van der Waals surface area contributed by atoms with Crippen molar-refractivity contribution in [3.8, 4) is 0 Å². The molecule has 0 radical (unpaired) electrons. The first-order chi connectivity index (χ1) is 13.4. The van der Waals surface area contributed by atoms with E-state index in [0.29, 0.717) is 37.9 Å². The van der Waals surface area contributed by atoms with Gasteiger partial charge in [0.2, 0.25) is 0 Å². The maximum Gasteiger partial charge on any atom is 0.306 e. The minimum Gasteiger partial charge on any atom is -0.465 e. The highest BCUT2D eigenvalue weighted by Gasteiger charge is 2.04. The number of esters is 2. The van der Waals surface area contributed by atoms with Crippen molar-refractivity contribution in [3.63, 3.8) is 0 Å². The summed E-state index contributed by atoms with van der Waals surface area (Å²) in [6.45, 7) is 9.25. The lowest BCUT2D eigenvalue weighted by Gasteiger charge is -2.06. The molecule has 0 spiro atoms. The van der Waals surface area contributed by atoms with Crippen LogP contribution >= 0.6 is 0 Å². The Kier molecular flexibility index (Phi) is 18.1. The van der Waals surface area contributed by atoms with Crippen LogP contribution in [0.4, 0.5) is 0 Å². The summed E-state index contributed by atoms with van der Waals surface area (Å²) in [5.41, 5.74) is 0. The average molecular weight is 397 g/mol. The van der Waals surface area contributed by atoms with Gasteiger partial charge < -0.3 is 9.47 Å². The Bertz CT molecular complexity index is 413. The summed E-state index contributed by atoms with van der Waals surface area (Å²) in [6, 6.07) is 0. The van der Waals surface area contributed by atoms with E-state index in [1.54, 1.807) is 0 Å². The lowest BCUT2D eigenvalue weighted by molar-refractivity contribution is -0.145. The lowest BCUT2D eigenvalue weighted by atomic mass is 10.1. The summed E-state index contributed by atoms with van der Waals surface area (Å²) < 4.78 is 10.3. The second-order valence-electron chi connectivity index (χ2n) is 8.53. The van der Waals surface area contributed by atoms with Crippen molar-refractivity contribution < 1.29 is 19.1 Å². The predicted molar refractivity (Wildman–Crippen MR) is 116 cm³/mol. The fourth-order valence-electron chi connectivity index (χ4n) is 2.69. The van der Waals surface area contributed by atoms with Gasteiger partial charge in [-0.3, -0.25) is 9.59 Å². The van der Waals surface area contributed by atoms with E-state index in [1.165, 1.54) is 38.5 Å². The van der Waals surface area contributed by atoms with Crippen LogP contribution in [0.1, 0.15) is 105 Å². The molecule has 28 heavy (non-hydrogen) atoms. The molecule has 0 unspecified atom stereocenters. The highest BCUT2D eigenvalue weighted by molar-refractivity contribution is 5.69. The van der Waals surface area contributed by atoms with Crippen LogP contribution in [0, 0.1) is 11.8 Å². The van der Waals surface area contributed by atoms with E-state index in [4.69, 9.17) is 9.47 Å². The molecule has 0 aliphatic carbocycles. The van der Waals surface area contributed by atoms with Gasteiger partial charge in [0.25, 0.3) is 0 Å². The van der Waals surface area contributed by atoms with E-state index in [0.717, 1.165) is 25.7 Å². The van der Waals surface area contributed by atoms with Crippen molar-refractivity contribution in [2.75, 3.05) is 13.2 Å². The Balaban J connectivity index is 3.29. The minimum absolute atomic E-state index is 0.0470. The maximum absolute atomic E-state index is 11.5. The lowest BCUT2D eigenvalue weighted by Crippen LogP contribution is -2.09. The van der Waals surface area contributed by atoms with Crippen LogP contribution in [-0.4, -0.2) is 25.2 Å². The van der Waals surface area contributed by atoms with Gasteiger partial charge in [0, 0.05) is 12.8 Å². The van der Waals surface area contributed by atoms with Crippen molar-refractivity contribution in [2.24, 2.45) is 11.8 Å². The zero-order valence-corrected chi connectivity index (χ0v) is 18.8. The summed E-state index contributed by atoms with van der Waals surface area (Å²) in [5.74, 6) is 0.677. The van der Waals surface area contributed by atoms with Gasteiger partial charge in [-0.1, -0.05) is 78.4 Å². The number of allylic oxidation sites excluding steroid dienone is 2. The Hall–Kier alpha value is -1.32. The van der Waals surface area contributed by atoms with Gasteiger partial charge in [0.1, 0.15) is 0 Å². The quantitative estimate of drug-likeness (QED) is 0.148. The van der Waals surface area contributed by atoms with Crippen LogP contribution in [0.15, 0.2) is 12.2 Å². The van der Waals surface area contributed by atoms with Gasteiger partial charge in [-0.25, -0.2) is 0 Å². The van der Waals surface area contributed by atoms with E-state index >= 15 is 0 Å². The first-order valence-corrected chi connectivity index (χ1v) is 11.4. The number of hydrogen-bond acceptors (Lipinski definition) is 4. The SMILES string of the molecule is CC(C)COC(=O)CC/C=C/CCCCCCCCCCC(=O)OCC(C)C. The van der Waals surface area contributed by atoms with Crippen molar-refractivity contribution in [3.05, 3.63) is 12.2 Å². The zero-order valence-electron chi connectivity index (χ0n) is 18.8. The number of carbonyl (C=O) groups excluding carboxylic acids is 2. The van der Waals surface area contributed by atoms with Gasteiger partial charge in [0.05, 0.1) is 13.2 Å². The summed E-state index contributed by atoms with van der Waals surface area (Å²) in [7, 11) is 0. The molecule has 0 saturated heterocycles. The summed E-state index contributed by atoms with van der Waals surface area (Å²) in [6.07, 6.45) is 16.8. The van der Waals surface area contributed by atoms with Crippen molar-refractivity contribution in [1.29, 1.82) is 0 Å². The molecule has 0 bridgehead atoms. The highest BCUT2D eigenvalue weighted by Crippen LogP contribution is 2.11. The normalized spacial score (nSPS) is 11.5. The third-order valence-corrected chi connectivity index (χ3v) is 4.34. The second-order valence-corrected chi connectivity index (χ2v) is 8.53. The molecule has 0 aliphatic rings. The largest absolute Gasteiger partial charge is 0.465 e. The molecule has 0 saturated carbocycles. The monoisotopic (exact) mass is 396 g/mol. The standard InChI is InChI=1S/C24H44O4/c1-21(2)19-27-23(25)17-15-13-11-9-7-5-6-8-10-12-14-16-18-24(26)28-20-22(3)4/h11,13,21-22H,5-10,12,14-20H2,1-4H3/b13-11+. The number of unbranched alkanes of at least 4 members (excludes halogenated alkanes) is 8. The maximum atomic E-state index is 11.5. The van der Waals surface area contributed by atoms with Crippen LogP contribution in [0.5, 0.6) is 0 Å². The number of hydrogen-bond donors (Lipinski definition) is 0. The van der Waals surface area contributed by atoms with Gasteiger partial charge in [-0.15, -0.1) is 0 Å². The molecule has 0 fully saturated rings. The molecule has 0 atom stereocenters. The fraction of sp³-hybridized carbons (Fsp3) is 0.833. The van der Waals surface area contributed by atoms with Crippen molar-refractivity contribution in [2.45, 2.75) is 105 Å². The summed E-state index contributed by atoms with van der Waals surface area (Å²) >= 11 is 0. The third kappa shape index (κ3) is 21.0. The van der Waals surface area contributed by atoms with Gasteiger partial charge in [-0.05, 0) is 37.5 Å². The van der Waals surface area contributed by atoms with E-state index < -0.39 is 0 Å². The Morgan fingerprint density at radius 2 is 1.04 bits per heavy atom. The molecule has 0 aliphatic heterocycles. The van der Waals surface area contributed by atoms with Crippen LogP contribution in [0.2, 0.25) is 0 Å². The molecule has 0 N–H and O–H groups in total. The van der Waals surface area contributed by atoms with Gasteiger partial charge in [0.15, 0.2) is 0 Å². The zero-order chi connectivity index (χ0) is 21.0. The highest BCUT2D eigenvalue weighted by atomic mass is 16.5. The first-order valence-electron chi connectivity index (χ1n) is 11.4. The van der Waals surface area contributed by atoms with E-state index in [9.17, 15) is 9.59 Å². The molecular formula is C24H44O4. The Labute approximate surface area is 173 Å². The molecule has 0 rings (SSSR count). The predicted octanol–water partition coefficient (Wildman–Crippen LogP) is 6.62. The van der Waals surface area contributed by atoms with Crippen molar-refractivity contribution in [1.82, 2.24) is 0 Å². The topological polar surface area (TPSA) is 52.6 Å². The van der Waals surface area contributed by atoms with Gasteiger partial charge in [-0.2, -0.15) is 0 Å². The smallest absolute Gasteiger partial charge is 0.306 e. The Morgan fingerprint density at radius 1 is 0.607 bits per heavy atom. The molecule has 0 amide bonds.